The fourth-order valence-electron chi connectivity index (χ4n) is 2.84. The van der Waals surface area contributed by atoms with Crippen LogP contribution in [-0.4, -0.2) is 49.8 Å². The Balaban J connectivity index is 1.92. The predicted molar refractivity (Wildman–Crippen MR) is 97.2 cm³/mol. The summed E-state index contributed by atoms with van der Waals surface area (Å²) < 4.78 is 4.50. The highest BCUT2D eigenvalue weighted by Gasteiger charge is 2.19. The lowest BCUT2D eigenvalue weighted by Gasteiger charge is -2.22. The molecular weight excluding hydrogens is 320 g/mol. The number of nitrogens with zero attached hydrogens (tertiary/aromatic N) is 1. The van der Waals surface area contributed by atoms with Crippen molar-refractivity contribution in [2.75, 3.05) is 31.7 Å². The maximum absolute atomic E-state index is 11.8. The van der Waals surface area contributed by atoms with Gasteiger partial charge in [0.2, 0.25) is 5.91 Å². The molecule has 1 aromatic rings. The molecule has 0 unspecified atom stereocenters. The molecule has 0 saturated carbocycles. The largest absolute Gasteiger partial charge is 0.467 e. The lowest BCUT2D eigenvalue weighted by atomic mass is 10.1. The number of nitrogens with one attached hydrogen (secondary N) is 1. The molecule has 1 saturated heterocycles. The topological polar surface area (TPSA) is 78.9 Å². The molecule has 0 aromatic heterocycles. The summed E-state index contributed by atoms with van der Waals surface area (Å²) in [6.45, 7) is 1.68. The molecule has 6 nitrogen and oxygen atoms in total. The van der Waals surface area contributed by atoms with Gasteiger partial charge in [0.15, 0.2) is 6.04 Å². The van der Waals surface area contributed by atoms with Crippen molar-refractivity contribution in [3.05, 3.63) is 35.9 Å². The van der Waals surface area contributed by atoms with Crippen LogP contribution in [0.5, 0.6) is 0 Å². The zero-order chi connectivity index (χ0) is 18.1. The minimum atomic E-state index is -1.05. The standard InChI is InChI=1S/C19H26N2O4/c1-25-19(24)17(14-22)20-18(23)11-8-15-6-9-16(10-7-15)21-12-4-2-3-5-13-21/h6-11,17,22H,2-5,12-14H2,1H3,(H,20,23)/b11-8+/t17-/m1/s1. The third-order valence-corrected chi connectivity index (χ3v) is 4.28. The van der Waals surface area contributed by atoms with E-state index < -0.39 is 24.5 Å². The molecule has 2 rings (SSSR count). The number of anilines is 1. The Kier molecular flexibility index (Phi) is 7.47. The SMILES string of the molecule is COC(=O)[C@@H](CO)NC(=O)/C=C/c1ccc(N2CCCCCC2)cc1. The average Bonchev–Trinajstić information content (AvgIpc) is 2.93. The summed E-state index contributed by atoms with van der Waals surface area (Å²) in [6, 6.07) is 7.01. The lowest BCUT2D eigenvalue weighted by Crippen LogP contribution is -2.43. The molecule has 0 aliphatic carbocycles. The highest BCUT2D eigenvalue weighted by molar-refractivity contribution is 5.94. The Labute approximate surface area is 148 Å². The smallest absolute Gasteiger partial charge is 0.330 e. The van der Waals surface area contributed by atoms with E-state index in [4.69, 9.17) is 5.11 Å². The Morgan fingerprint density at radius 1 is 1.20 bits per heavy atom. The molecule has 1 aromatic carbocycles. The van der Waals surface area contributed by atoms with E-state index in [1.54, 1.807) is 6.08 Å². The summed E-state index contributed by atoms with van der Waals surface area (Å²) in [5, 5.41) is 11.5. The van der Waals surface area contributed by atoms with E-state index in [9.17, 15) is 9.59 Å². The first-order chi connectivity index (χ1) is 12.1. The van der Waals surface area contributed by atoms with Crippen molar-refractivity contribution in [3.63, 3.8) is 0 Å². The fourth-order valence-corrected chi connectivity index (χ4v) is 2.84. The second-order valence-electron chi connectivity index (χ2n) is 6.09. The Bertz CT molecular complexity index is 590. The summed E-state index contributed by atoms with van der Waals surface area (Å²) in [5.41, 5.74) is 2.10. The molecule has 25 heavy (non-hydrogen) atoms. The third-order valence-electron chi connectivity index (χ3n) is 4.28. The molecular formula is C19H26N2O4. The molecule has 0 bridgehead atoms. The number of carbonyl (C=O) groups is 2. The van der Waals surface area contributed by atoms with Crippen molar-refractivity contribution in [2.24, 2.45) is 0 Å². The van der Waals surface area contributed by atoms with Gasteiger partial charge in [-0.05, 0) is 36.6 Å². The van der Waals surface area contributed by atoms with Crippen LogP contribution >= 0.6 is 0 Å². The Morgan fingerprint density at radius 2 is 1.84 bits per heavy atom. The summed E-state index contributed by atoms with van der Waals surface area (Å²) in [5.74, 6) is -1.13. The molecule has 2 N–H and O–H groups in total. The zero-order valence-electron chi connectivity index (χ0n) is 14.6. The van der Waals surface area contributed by atoms with Crippen LogP contribution in [0.1, 0.15) is 31.2 Å². The number of methoxy groups -OCH3 is 1. The number of amides is 1. The van der Waals surface area contributed by atoms with Gasteiger partial charge in [-0.15, -0.1) is 0 Å². The fraction of sp³-hybridized carbons (Fsp3) is 0.474. The van der Waals surface area contributed by atoms with E-state index in [1.807, 2.05) is 12.1 Å². The monoisotopic (exact) mass is 346 g/mol. The normalized spacial score (nSPS) is 16.3. The van der Waals surface area contributed by atoms with Crippen LogP contribution in [0.3, 0.4) is 0 Å². The number of benzene rings is 1. The minimum absolute atomic E-state index is 0.457. The van der Waals surface area contributed by atoms with Crippen molar-refractivity contribution in [1.82, 2.24) is 5.32 Å². The predicted octanol–water partition coefficient (Wildman–Crippen LogP) is 1.73. The number of ether oxygens (including phenoxy) is 1. The molecule has 1 amide bonds. The number of carbonyl (C=O) groups excluding carboxylic acids is 2. The van der Waals surface area contributed by atoms with Crippen LogP contribution in [0.4, 0.5) is 5.69 Å². The van der Waals surface area contributed by atoms with Gasteiger partial charge in [0.1, 0.15) is 0 Å². The first kappa shape index (κ1) is 19.0. The van der Waals surface area contributed by atoms with E-state index in [0.29, 0.717) is 0 Å². The number of aliphatic hydroxyl groups is 1. The Hall–Kier alpha value is -2.34. The van der Waals surface area contributed by atoms with Gasteiger partial charge < -0.3 is 20.1 Å². The highest BCUT2D eigenvalue weighted by Crippen LogP contribution is 2.20. The van der Waals surface area contributed by atoms with Crippen LogP contribution < -0.4 is 10.2 Å². The van der Waals surface area contributed by atoms with Gasteiger partial charge >= 0.3 is 5.97 Å². The van der Waals surface area contributed by atoms with E-state index >= 15 is 0 Å². The molecule has 6 heteroatoms. The summed E-state index contributed by atoms with van der Waals surface area (Å²) in [7, 11) is 1.21. The molecule has 1 atom stereocenters. The molecule has 1 heterocycles. The van der Waals surface area contributed by atoms with E-state index in [0.717, 1.165) is 18.7 Å². The van der Waals surface area contributed by atoms with Crippen molar-refractivity contribution in [3.8, 4) is 0 Å². The number of rotatable bonds is 6. The van der Waals surface area contributed by atoms with Gasteiger partial charge in [-0.2, -0.15) is 0 Å². The van der Waals surface area contributed by atoms with Crippen molar-refractivity contribution in [1.29, 1.82) is 0 Å². The minimum Gasteiger partial charge on any atom is -0.467 e. The second-order valence-corrected chi connectivity index (χ2v) is 6.09. The molecule has 0 radical (unpaired) electrons. The average molecular weight is 346 g/mol. The first-order valence-electron chi connectivity index (χ1n) is 8.66. The van der Waals surface area contributed by atoms with Gasteiger partial charge in [-0.25, -0.2) is 4.79 Å². The molecule has 1 aliphatic heterocycles. The van der Waals surface area contributed by atoms with Gasteiger partial charge in [0.05, 0.1) is 13.7 Å². The number of hydrogen-bond donors (Lipinski definition) is 2. The van der Waals surface area contributed by atoms with Gasteiger partial charge in [0, 0.05) is 24.9 Å². The van der Waals surface area contributed by atoms with Crippen molar-refractivity contribution >= 4 is 23.6 Å². The van der Waals surface area contributed by atoms with E-state index in [1.165, 1.54) is 44.6 Å². The van der Waals surface area contributed by atoms with Crippen molar-refractivity contribution in [2.45, 2.75) is 31.7 Å². The number of hydrogen-bond acceptors (Lipinski definition) is 5. The second kappa shape index (κ2) is 9.84. The maximum atomic E-state index is 11.8. The maximum Gasteiger partial charge on any atom is 0.330 e. The zero-order valence-corrected chi connectivity index (χ0v) is 14.6. The number of aliphatic hydroxyl groups excluding tert-OH is 1. The van der Waals surface area contributed by atoms with Crippen LogP contribution in [0.2, 0.25) is 0 Å². The van der Waals surface area contributed by atoms with Gasteiger partial charge in [-0.3, -0.25) is 4.79 Å². The van der Waals surface area contributed by atoms with Crippen molar-refractivity contribution < 1.29 is 19.4 Å². The summed E-state index contributed by atoms with van der Waals surface area (Å²) in [4.78, 5) is 25.6. The van der Waals surface area contributed by atoms with Crippen LogP contribution in [-0.2, 0) is 14.3 Å². The van der Waals surface area contributed by atoms with E-state index in [-0.39, 0.29) is 0 Å². The van der Waals surface area contributed by atoms with Gasteiger partial charge in [0.25, 0.3) is 0 Å². The highest BCUT2D eigenvalue weighted by atomic mass is 16.5. The van der Waals surface area contributed by atoms with Crippen LogP contribution in [0, 0.1) is 0 Å². The first-order valence-corrected chi connectivity index (χ1v) is 8.66. The lowest BCUT2D eigenvalue weighted by molar-refractivity contribution is -0.145. The van der Waals surface area contributed by atoms with Crippen LogP contribution in [0.15, 0.2) is 30.3 Å². The summed E-state index contributed by atoms with van der Waals surface area (Å²) in [6.07, 6.45) is 8.07. The molecule has 1 aliphatic rings. The number of esters is 1. The molecule has 136 valence electrons. The van der Waals surface area contributed by atoms with Gasteiger partial charge in [-0.1, -0.05) is 25.0 Å². The summed E-state index contributed by atoms with van der Waals surface area (Å²) >= 11 is 0. The molecule has 1 fully saturated rings. The van der Waals surface area contributed by atoms with E-state index in [2.05, 4.69) is 27.1 Å². The molecule has 0 spiro atoms. The quantitative estimate of drug-likeness (QED) is 0.606. The third kappa shape index (κ3) is 5.90. The Morgan fingerprint density at radius 3 is 2.40 bits per heavy atom. The van der Waals surface area contributed by atoms with Crippen LogP contribution in [0.25, 0.3) is 6.08 Å².